The van der Waals surface area contributed by atoms with Gasteiger partial charge in [-0.2, -0.15) is 0 Å². The van der Waals surface area contributed by atoms with E-state index >= 15 is 0 Å². The van der Waals surface area contributed by atoms with Crippen LogP contribution in [0, 0.1) is 6.92 Å². The fourth-order valence-electron chi connectivity index (χ4n) is 4.74. The fraction of sp³-hybridized carbons (Fsp3) is 0.355. The molecule has 206 valence electrons. The standard InChI is InChI=1S/C31H38ClN5O2/c1-22(2)34-15-16-37(29-17-25(10-9-23(29)3)24-11-13-28(32)14-12-24)31(39)19-33-18-30(38)35(4)36-20-26-7-5-6-8-27(26)21-36/h5-14,17,22,33-34H,15-16,18-21H2,1-4H3. The zero-order valence-electron chi connectivity index (χ0n) is 23.2. The van der Waals surface area contributed by atoms with E-state index in [-0.39, 0.29) is 24.9 Å². The molecule has 39 heavy (non-hydrogen) atoms. The molecule has 0 bridgehead atoms. The molecule has 0 radical (unpaired) electrons. The Morgan fingerprint density at radius 3 is 2.18 bits per heavy atom. The van der Waals surface area contributed by atoms with Crippen molar-refractivity contribution in [3.05, 3.63) is 88.4 Å². The van der Waals surface area contributed by atoms with Crippen LogP contribution in [0.25, 0.3) is 11.1 Å². The largest absolute Gasteiger partial charge is 0.313 e. The summed E-state index contributed by atoms with van der Waals surface area (Å²) >= 11 is 6.08. The van der Waals surface area contributed by atoms with Gasteiger partial charge in [0.05, 0.1) is 13.1 Å². The van der Waals surface area contributed by atoms with Gasteiger partial charge in [0, 0.05) is 50.0 Å². The molecule has 3 aromatic rings. The van der Waals surface area contributed by atoms with E-state index in [4.69, 9.17) is 11.6 Å². The Morgan fingerprint density at radius 2 is 1.54 bits per heavy atom. The smallest absolute Gasteiger partial charge is 0.250 e. The Bertz CT molecular complexity index is 1270. The molecule has 3 aromatic carbocycles. The van der Waals surface area contributed by atoms with E-state index in [0.29, 0.717) is 37.2 Å². The SMILES string of the molecule is Cc1ccc(-c2ccc(Cl)cc2)cc1N(CCNC(C)C)C(=O)CNCC(=O)N(C)N1Cc2ccccc2C1. The number of benzene rings is 3. The molecule has 0 atom stereocenters. The van der Waals surface area contributed by atoms with Gasteiger partial charge >= 0.3 is 0 Å². The predicted octanol–water partition coefficient (Wildman–Crippen LogP) is 4.63. The van der Waals surface area contributed by atoms with Crippen LogP contribution in [0.2, 0.25) is 5.02 Å². The fourth-order valence-corrected chi connectivity index (χ4v) is 4.86. The van der Waals surface area contributed by atoms with Crippen LogP contribution in [0.15, 0.2) is 66.7 Å². The molecular weight excluding hydrogens is 510 g/mol. The minimum Gasteiger partial charge on any atom is -0.313 e. The maximum absolute atomic E-state index is 13.5. The molecule has 1 aliphatic heterocycles. The summed E-state index contributed by atoms with van der Waals surface area (Å²) in [5, 5.41) is 10.9. The molecule has 1 aliphatic rings. The highest BCUT2D eigenvalue weighted by atomic mass is 35.5. The van der Waals surface area contributed by atoms with Crippen LogP contribution in [0.3, 0.4) is 0 Å². The number of carbonyl (C=O) groups excluding carboxylic acids is 2. The van der Waals surface area contributed by atoms with Crippen LogP contribution in [0.1, 0.15) is 30.5 Å². The third-order valence-corrected chi connectivity index (χ3v) is 7.28. The lowest BCUT2D eigenvalue weighted by molar-refractivity contribution is -0.145. The van der Waals surface area contributed by atoms with Gasteiger partial charge in [-0.15, -0.1) is 0 Å². The van der Waals surface area contributed by atoms with Crippen LogP contribution in [0.4, 0.5) is 5.69 Å². The lowest BCUT2D eigenvalue weighted by atomic mass is 10.0. The summed E-state index contributed by atoms with van der Waals surface area (Å²) in [6.07, 6.45) is 0. The second-order valence-electron chi connectivity index (χ2n) is 10.3. The van der Waals surface area contributed by atoms with Crippen molar-refractivity contribution in [3.8, 4) is 11.1 Å². The zero-order chi connectivity index (χ0) is 27.9. The number of fused-ring (bicyclic) bond motifs is 1. The maximum Gasteiger partial charge on any atom is 0.250 e. The van der Waals surface area contributed by atoms with Crippen molar-refractivity contribution >= 4 is 29.1 Å². The first-order chi connectivity index (χ1) is 18.7. The second kappa shape index (κ2) is 13.2. The number of amides is 2. The van der Waals surface area contributed by atoms with E-state index in [2.05, 4.69) is 48.7 Å². The number of likely N-dealkylation sites (N-methyl/N-ethyl adjacent to an activating group) is 1. The summed E-state index contributed by atoms with van der Waals surface area (Å²) in [6, 6.07) is 22.4. The quantitative estimate of drug-likeness (QED) is 0.366. The zero-order valence-corrected chi connectivity index (χ0v) is 24.0. The van der Waals surface area contributed by atoms with Gasteiger partial charge in [-0.25, -0.2) is 5.01 Å². The van der Waals surface area contributed by atoms with Gasteiger partial charge in [0.15, 0.2) is 0 Å². The van der Waals surface area contributed by atoms with Crippen molar-refractivity contribution < 1.29 is 9.59 Å². The third-order valence-electron chi connectivity index (χ3n) is 7.03. The van der Waals surface area contributed by atoms with Crippen LogP contribution in [-0.2, 0) is 22.7 Å². The lowest BCUT2D eigenvalue weighted by Crippen LogP contribution is -2.47. The van der Waals surface area contributed by atoms with E-state index in [1.54, 1.807) is 12.1 Å². The summed E-state index contributed by atoms with van der Waals surface area (Å²) in [6.45, 7) is 8.91. The topological polar surface area (TPSA) is 67.9 Å². The molecule has 4 rings (SSSR count). The first-order valence-corrected chi connectivity index (χ1v) is 13.8. The van der Waals surface area contributed by atoms with Crippen molar-refractivity contribution in [3.63, 3.8) is 0 Å². The highest BCUT2D eigenvalue weighted by Gasteiger charge is 2.25. The molecular formula is C31H38ClN5O2. The van der Waals surface area contributed by atoms with E-state index in [1.165, 1.54) is 11.1 Å². The summed E-state index contributed by atoms with van der Waals surface area (Å²) in [7, 11) is 1.78. The molecule has 0 aliphatic carbocycles. The van der Waals surface area contributed by atoms with Crippen LogP contribution in [0.5, 0.6) is 0 Å². The lowest BCUT2D eigenvalue weighted by Gasteiger charge is -2.28. The number of nitrogens with zero attached hydrogens (tertiary/aromatic N) is 3. The normalized spacial score (nSPS) is 13.0. The monoisotopic (exact) mass is 547 g/mol. The Labute approximate surface area is 236 Å². The number of carbonyl (C=O) groups is 2. The summed E-state index contributed by atoms with van der Waals surface area (Å²) in [5.74, 6) is -0.162. The molecule has 0 saturated carbocycles. The second-order valence-corrected chi connectivity index (χ2v) is 10.7. The van der Waals surface area contributed by atoms with E-state index < -0.39 is 0 Å². The minimum absolute atomic E-state index is 0.0616. The molecule has 0 saturated heterocycles. The summed E-state index contributed by atoms with van der Waals surface area (Å²) < 4.78 is 0. The minimum atomic E-state index is -0.0825. The first-order valence-electron chi connectivity index (χ1n) is 13.4. The number of hydrazine groups is 1. The Balaban J connectivity index is 1.41. The van der Waals surface area contributed by atoms with Crippen LogP contribution >= 0.6 is 11.6 Å². The van der Waals surface area contributed by atoms with Gasteiger partial charge in [-0.05, 0) is 52.9 Å². The van der Waals surface area contributed by atoms with E-state index in [1.807, 2.05) is 59.3 Å². The van der Waals surface area contributed by atoms with Gasteiger partial charge < -0.3 is 10.2 Å². The third kappa shape index (κ3) is 7.46. The maximum atomic E-state index is 13.5. The first kappa shape index (κ1) is 28.8. The Hall–Kier alpha value is -3.23. The summed E-state index contributed by atoms with van der Waals surface area (Å²) in [4.78, 5) is 28.2. The van der Waals surface area contributed by atoms with Gasteiger partial charge in [-0.3, -0.25) is 19.9 Å². The molecule has 2 N–H and O–H groups in total. The van der Waals surface area contributed by atoms with Crippen molar-refractivity contribution in [2.75, 3.05) is 38.1 Å². The number of halogens is 1. The van der Waals surface area contributed by atoms with E-state index in [9.17, 15) is 9.59 Å². The van der Waals surface area contributed by atoms with Gasteiger partial charge in [-0.1, -0.05) is 74.0 Å². The molecule has 0 unspecified atom stereocenters. The average Bonchev–Trinajstić information content (AvgIpc) is 3.36. The average molecular weight is 548 g/mol. The highest BCUT2D eigenvalue weighted by Crippen LogP contribution is 2.29. The number of rotatable bonds is 11. The molecule has 7 nitrogen and oxygen atoms in total. The van der Waals surface area contributed by atoms with Crippen molar-refractivity contribution in [2.45, 2.75) is 39.9 Å². The number of hydrogen-bond acceptors (Lipinski definition) is 5. The number of hydrogen-bond donors (Lipinski definition) is 2. The molecule has 2 amide bonds. The van der Waals surface area contributed by atoms with Crippen molar-refractivity contribution in [1.82, 2.24) is 20.7 Å². The number of nitrogens with one attached hydrogen (secondary N) is 2. The van der Waals surface area contributed by atoms with Gasteiger partial charge in [0.1, 0.15) is 0 Å². The number of aryl methyl sites for hydroxylation is 1. The molecule has 0 aromatic heterocycles. The van der Waals surface area contributed by atoms with Gasteiger partial charge in [0.2, 0.25) is 5.91 Å². The Kier molecular flexibility index (Phi) is 9.75. The Morgan fingerprint density at radius 1 is 0.923 bits per heavy atom. The summed E-state index contributed by atoms with van der Waals surface area (Å²) in [5.41, 5.74) is 6.39. The van der Waals surface area contributed by atoms with Crippen molar-refractivity contribution in [2.24, 2.45) is 0 Å². The molecule has 8 heteroatoms. The number of anilines is 1. The van der Waals surface area contributed by atoms with E-state index in [0.717, 1.165) is 22.4 Å². The van der Waals surface area contributed by atoms with Crippen LogP contribution in [-0.4, -0.2) is 61.1 Å². The molecule has 1 heterocycles. The van der Waals surface area contributed by atoms with Crippen LogP contribution < -0.4 is 15.5 Å². The van der Waals surface area contributed by atoms with Crippen molar-refractivity contribution in [1.29, 1.82) is 0 Å². The molecule has 0 spiro atoms. The molecule has 0 fully saturated rings. The van der Waals surface area contributed by atoms with Gasteiger partial charge in [0.25, 0.3) is 5.91 Å². The predicted molar refractivity (Wildman–Crippen MR) is 158 cm³/mol. The highest BCUT2D eigenvalue weighted by molar-refractivity contribution is 6.30.